The quantitative estimate of drug-likeness (QED) is 0.638. The van der Waals surface area contributed by atoms with E-state index in [2.05, 4.69) is 29.6 Å². The Labute approximate surface area is 205 Å². The van der Waals surface area contributed by atoms with E-state index < -0.39 is 24.1 Å². The Kier molecular flexibility index (Phi) is 6.50. The van der Waals surface area contributed by atoms with Crippen molar-refractivity contribution in [1.29, 1.82) is 0 Å². The van der Waals surface area contributed by atoms with E-state index in [1.807, 2.05) is 24.3 Å². The Hall–Kier alpha value is -3.35. The van der Waals surface area contributed by atoms with Gasteiger partial charge in [0, 0.05) is 24.4 Å². The number of rotatable bonds is 6. The molecule has 1 heterocycles. The molecule has 1 saturated heterocycles. The fraction of sp³-hybridized carbons (Fsp3) is 0.464. The number of carboxylic acid groups (broad SMARTS) is 1. The fourth-order valence-electron chi connectivity index (χ4n) is 6.30. The minimum atomic E-state index is -0.940. The van der Waals surface area contributed by atoms with Crippen LogP contribution in [0.25, 0.3) is 11.1 Å². The van der Waals surface area contributed by atoms with Gasteiger partial charge in [0.25, 0.3) is 0 Å². The van der Waals surface area contributed by atoms with Crippen molar-refractivity contribution in [2.75, 3.05) is 6.61 Å². The summed E-state index contributed by atoms with van der Waals surface area (Å²) >= 11 is 0. The SMILES string of the molecule is C[C@@H](CC(=O)N1C(C(=O)O)CC2CCCCC21)NC(=O)OCC1c2ccccc2-c2ccccc21. The highest BCUT2D eigenvalue weighted by Crippen LogP contribution is 2.44. The normalized spacial score (nSPS) is 23.7. The van der Waals surface area contributed by atoms with E-state index in [1.54, 1.807) is 11.8 Å². The number of carbonyl (C=O) groups excluding carboxylic acids is 2. The van der Waals surface area contributed by atoms with Crippen molar-refractivity contribution in [1.82, 2.24) is 10.2 Å². The summed E-state index contributed by atoms with van der Waals surface area (Å²) in [4.78, 5) is 39.1. The number of hydrogen-bond acceptors (Lipinski definition) is 4. The summed E-state index contributed by atoms with van der Waals surface area (Å²) in [6.07, 6.45) is 3.95. The van der Waals surface area contributed by atoms with Crippen molar-refractivity contribution in [3.05, 3.63) is 59.7 Å². The van der Waals surface area contributed by atoms with E-state index in [0.29, 0.717) is 6.42 Å². The predicted octanol–water partition coefficient (Wildman–Crippen LogP) is 4.55. The van der Waals surface area contributed by atoms with Crippen LogP contribution in [0, 0.1) is 5.92 Å². The molecule has 0 spiro atoms. The zero-order valence-electron chi connectivity index (χ0n) is 20.0. The van der Waals surface area contributed by atoms with Gasteiger partial charge in [0.05, 0.1) is 0 Å². The van der Waals surface area contributed by atoms with Crippen LogP contribution in [0.1, 0.15) is 62.5 Å². The van der Waals surface area contributed by atoms with E-state index in [4.69, 9.17) is 4.74 Å². The molecule has 7 nitrogen and oxygen atoms in total. The lowest BCUT2D eigenvalue weighted by atomic mass is 9.84. The Morgan fingerprint density at radius 1 is 1.03 bits per heavy atom. The van der Waals surface area contributed by atoms with Gasteiger partial charge >= 0.3 is 12.1 Å². The third-order valence-electron chi connectivity index (χ3n) is 7.85. The number of alkyl carbamates (subject to hydrolysis) is 1. The fourth-order valence-corrected chi connectivity index (χ4v) is 6.30. The van der Waals surface area contributed by atoms with Gasteiger partial charge < -0.3 is 20.1 Å². The van der Waals surface area contributed by atoms with Crippen LogP contribution >= 0.6 is 0 Å². The molecular formula is C28H32N2O5. The molecule has 2 aliphatic carbocycles. The maximum Gasteiger partial charge on any atom is 0.407 e. The van der Waals surface area contributed by atoms with Crippen LogP contribution in [0.5, 0.6) is 0 Å². The number of carboxylic acids is 1. The van der Waals surface area contributed by atoms with E-state index in [-0.39, 0.29) is 36.8 Å². The molecule has 184 valence electrons. The molecule has 4 atom stereocenters. The summed E-state index contributed by atoms with van der Waals surface area (Å²) in [5, 5.41) is 12.5. The Morgan fingerprint density at radius 3 is 2.31 bits per heavy atom. The summed E-state index contributed by atoms with van der Waals surface area (Å²) in [5.74, 6) is -0.920. The largest absolute Gasteiger partial charge is 0.480 e. The van der Waals surface area contributed by atoms with Gasteiger partial charge in [-0.2, -0.15) is 0 Å². The number of nitrogens with zero attached hydrogens (tertiary/aromatic N) is 1. The second-order valence-corrected chi connectivity index (χ2v) is 10.1. The van der Waals surface area contributed by atoms with Crippen molar-refractivity contribution in [2.45, 2.75) is 69.5 Å². The first-order valence-electron chi connectivity index (χ1n) is 12.6. The third kappa shape index (κ3) is 4.51. The first kappa shape index (κ1) is 23.4. The highest BCUT2D eigenvalue weighted by Gasteiger charge is 2.47. The number of hydrogen-bond donors (Lipinski definition) is 2. The maximum atomic E-state index is 13.1. The summed E-state index contributed by atoms with van der Waals surface area (Å²) in [6.45, 7) is 1.96. The summed E-state index contributed by atoms with van der Waals surface area (Å²) in [6, 6.07) is 15.1. The molecule has 0 radical (unpaired) electrons. The Morgan fingerprint density at radius 2 is 1.66 bits per heavy atom. The highest BCUT2D eigenvalue weighted by molar-refractivity contribution is 5.85. The molecule has 2 N–H and O–H groups in total. The average Bonchev–Trinajstić information content (AvgIpc) is 3.39. The van der Waals surface area contributed by atoms with E-state index in [0.717, 1.165) is 47.9 Å². The van der Waals surface area contributed by atoms with Gasteiger partial charge in [0.1, 0.15) is 12.6 Å². The molecule has 0 aromatic heterocycles. The van der Waals surface area contributed by atoms with Gasteiger partial charge in [-0.05, 0) is 54.4 Å². The molecule has 2 aromatic rings. The van der Waals surface area contributed by atoms with Gasteiger partial charge in [-0.3, -0.25) is 4.79 Å². The molecular weight excluding hydrogens is 444 g/mol. The third-order valence-corrected chi connectivity index (χ3v) is 7.85. The second kappa shape index (κ2) is 9.72. The number of aliphatic carboxylic acids is 1. The zero-order chi connectivity index (χ0) is 24.5. The molecule has 0 bridgehead atoms. The second-order valence-electron chi connectivity index (χ2n) is 10.1. The minimum Gasteiger partial charge on any atom is -0.480 e. The molecule has 2 aromatic carbocycles. The van der Waals surface area contributed by atoms with Crippen LogP contribution in [0.2, 0.25) is 0 Å². The molecule has 2 amide bonds. The van der Waals surface area contributed by atoms with Crippen LogP contribution < -0.4 is 5.32 Å². The standard InChI is InChI=1S/C28H32N2O5/c1-17(14-26(31)30-24-13-7-2-8-18(24)15-25(30)27(32)33)29-28(34)35-16-23-21-11-5-3-9-19(21)20-10-4-6-12-22(20)23/h3-6,9-12,17-18,23-25H,2,7-8,13-16H2,1H3,(H,29,34)(H,32,33)/t17-,18?,24?,25?/m0/s1. The first-order valence-corrected chi connectivity index (χ1v) is 12.6. The van der Waals surface area contributed by atoms with Crippen molar-refractivity contribution in [3.8, 4) is 11.1 Å². The van der Waals surface area contributed by atoms with Crippen molar-refractivity contribution < 1.29 is 24.2 Å². The summed E-state index contributed by atoms with van der Waals surface area (Å²) in [7, 11) is 0. The molecule has 3 aliphatic rings. The van der Waals surface area contributed by atoms with Crippen LogP contribution in [0.4, 0.5) is 4.79 Å². The monoisotopic (exact) mass is 476 g/mol. The lowest BCUT2D eigenvalue weighted by Gasteiger charge is -2.33. The summed E-state index contributed by atoms with van der Waals surface area (Å²) in [5.41, 5.74) is 4.60. The van der Waals surface area contributed by atoms with Gasteiger partial charge in [-0.15, -0.1) is 0 Å². The van der Waals surface area contributed by atoms with Crippen LogP contribution in [0.3, 0.4) is 0 Å². The molecule has 7 heteroatoms. The maximum absolute atomic E-state index is 13.1. The number of nitrogens with one attached hydrogen (secondary N) is 1. The van der Waals surface area contributed by atoms with Crippen molar-refractivity contribution in [3.63, 3.8) is 0 Å². The topological polar surface area (TPSA) is 95.9 Å². The van der Waals surface area contributed by atoms with Crippen LogP contribution in [0.15, 0.2) is 48.5 Å². The summed E-state index contributed by atoms with van der Waals surface area (Å²) < 4.78 is 5.59. The van der Waals surface area contributed by atoms with E-state index >= 15 is 0 Å². The molecule has 3 unspecified atom stereocenters. The van der Waals surface area contributed by atoms with Crippen molar-refractivity contribution >= 4 is 18.0 Å². The zero-order valence-corrected chi connectivity index (χ0v) is 20.0. The van der Waals surface area contributed by atoms with Gasteiger partial charge in [-0.1, -0.05) is 61.4 Å². The van der Waals surface area contributed by atoms with Gasteiger partial charge in [0.15, 0.2) is 0 Å². The lowest BCUT2D eigenvalue weighted by molar-refractivity contribution is -0.150. The molecule has 2 fully saturated rings. The van der Waals surface area contributed by atoms with Crippen LogP contribution in [-0.4, -0.2) is 52.7 Å². The number of carbonyl (C=O) groups is 3. The molecule has 1 aliphatic heterocycles. The van der Waals surface area contributed by atoms with E-state index in [9.17, 15) is 19.5 Å². The lowest BCUT2D eigenvalue weighted by Crippen LogP contribution is -2.48. The Bertz CT molecular complexity index is 1090. The number of amides is 2. The smallest absolute Gasteiger partial charge is 0.407 e. The number of benzene rings is 2. The molecule has 1 saturated carbocycles. The minimum absolute atomic E-state index is 0.000922. The molecule has 35 heavy (non-hydrogen) atoms. The number of ether oxygens (including phenoxy) is 1. The predicted molar refractivity (Wildman–Crippen MR) is 131 cm³/mol. The highest BCUT2D eigenvalue weighted by atomic mass is 16.5. The number of fused-ring (bicyclic) bond motifs is 4. The average molecular weight is 477 g/mol. The van der Waals surface area contributed by atoms with Crippen molar-refractivity contribution in [2.24, 2.45) is 5.92 Å². The Balaban J connectivity index is 1.18. The van der Waals surface area contributed by atoms with Gasteiger partial charge in [-0.25, -0.2) is 9.59 Å². The molecule has 5 rings (SSSR count). The number of likely N-dealkylation sites (tertiary alicyclic amines) is 1. The first-order chi connectivity index (χ1) is 16.9. The van der Waals surface area contributed by atoms with Crippen LogP contribution in [-0.2, 0) is 14.3 Å². The van der Waals surface area contributed by atoms with Gasteiger partial charge in [0.2, 0.25) is 5.91 Å². The van der Waals surface area contributed by atoms with E-state index in [1.165, 1.54) is 0 Å².